The molecule has 2 aliphatic rings. The van der Waals surface area contributed by atoms with Crippen LogP contribution in [0.2, 0.25) is 0 Å². The van der Waals surface area contributed by atoms with Gasteiger partial charge in [-0.2, -0.15) is 0 Å². The van der Waals surface area contributed by atoms with Crippen molar-refractivity contribution in [3.05, 3.63) is 112 Å². The van der Waals surface area contributed by atoms with Crippen LogP contribution in [0.3, 0.4) is 0 Å². The summed E-state index contributed by atoms with van der Waals surface area (Å²) in [4.78, 5) is 26.0. The molecule has 1 aliphatic heterocycles. The van der Waals surface area contributed by atoms with Crippen LogP contribution in [0.15, 0.2) is 88.9 Å². The number of carbonyl (C=O) groups excluding carboxylic acids is 2. The summed E-state index contributed by atoms with van der Waals surface area (Å²) in [6.45, 7) is 1.48. The maximum absolute atomic E-state index is 13.4. The number of carbonyl (C=O) groups is 2. The lowest BCUT2D eigenvalue weighted by atomic mass is 9.66. The number of ether oxygens (including phenoxy) is 2. The fourth-order valence-corrected chi connectivity index (χ4v) is 5.97. The Morgan fingerprint density at radius 1 is 0.976 bits per heavy atom. The molecule has 1 saturated heterocycles. The van der Waals surface area contributed by atoms with Crippen LogP contribution in [0.4, 0.5) is 0 Å². The molecule has 1 aromatic heterocycles. The average Bonchev–Trinajstić information content (AvgIpc) is 3.53. The van der Waals surface area contributed by atoms with E-state index < -0.39 is 23.6 Å². The molecule has 4 aromatic rings. The van der Waals surface area contributed by atoms with E-state index in [2.05, 4.69) is 43.3 Å². The summed E-state index contributed by atoms with van der Waals surface area (Å²) in [5, 5.41) is 11.2. The molecule has 1 saturated carbocycles. The lowest BCUT2D eigenvalue weighted by Gasteiger charge is -2.39. The normalized spacial score (nSPS) is 20.4. The maximum Gasteiger partial charge on any atom is 0.334 e. The van der Waals surface area contributed by atoms with E-state index in [1.165, 1.54) is 16.7 Å². The van der Waals surface area contributed by atoms with Crippen LogP contribution in [-0.4, -0.2) is 35.9 Å². The van der Waals surface area contributed by atoms with Crippen LogP contribution in [0.5, 0.6) is 0 Å². The Hall–Kier alpha value is -4.16. The highest BCUT2D eigenvalue weighted by Gasteiger charge is 2.49. The Balaban J connectivity index is 1.10. The molecule has 1 aliphatic carbocycles. The molecule has 0 unspecified atom stereocenters. The van der Waals surface area contributed by atoms with E-state index in [1.54, 1.807) is 6.08 Å². The monoisotopic (exact) mass is 564 g/mol. The van der Waals surface area contributed by atoms with Gasteiger partial charge in [-0.15, -0.1) is 0 Å². The lowest BCUT2D eigenvalue weighted by molar-refractivity contribution is -0.177. The Morgan fingerprint density at radius 3 is 2.43 bits per heavy atom. The quantitative estimate of drug-likeness (QED) is 0.174. The van der Waals surface area contributed by atoms with Gasteiger partial charge in [-0.25, -0.2) is 4.79 Å². The van der Waals surface area contributed by atoms with Crippen molar-refractivity contribution in [2.45, 2.75) is 57.5 Å². The van der Waals surface area contributed by atoms with Crippen LogP contribution in [0.25, 0.3) is 17.0 Å². The fraction of sp³-hybridized carbons (Fsp3) is 0.333. The third-order valence-corrected chi connectivity index (χ3v) is 8.69. The van der Waals surface area contributed by atoms with Gasteiger partial charge < -0.3 is 19.0 Å². The van der Waals surface area contributed by atoms with Gasteiger partial charge in [-0.3, -0.25) is 4.79 Å². The highest BCUT2D eigenvalue weighted by Crippen LogP contribution is 2.46. The smallest absolute Gasteiger partial charge is 0.334 e. The van der Waals surface area contributed by atoms with Crippen LogP contribution in [0, 0.1) is 12.3 Å². The van der Waals surface area contributed by atoms with Gasteiger partial charge in [0.25, 0.3) is 0 Å². The van der Waals surface area contributed by atoms with Crippen molar-refractivity contribution in [1.29, 1.82) is 0 Å². The van der Waals surface area contributed by atoms with Gasteiger partial charge in [0.2, 0.25) is 0 Å². The maximum atomic E-state index is 13.4. The summed E-state index contributed by atoms with van der Waals surface area (Å²) in [6, 6.07) is 26.4. The molecule has 0 bridgehead atoms. The number of hydrogen-bond acceptors (Lipinski definition) is 6. The van der Waals surface area contributed by atoms with Gasteiger partial charge >= 0.3 is 11.9 Å². The van der Waals surface area contributed by atoms with Gasteiger partial charge in [0, 0.05) is 23.8 Å². The van der Waals surface area contributed by atoms with Crippen molar-refractivity contribution in [2.24, 2.45) is 5.41 Å². The third-order valence-electron chi connectivity index (χ3n) is 8.69. The number of furan rings is 1. The minimum atomic E-state index is -1.27. The number of rotatable bonds is 10. The molecule has 6 nitrogen and oxygen atoms in total. The molecule has 1 atom stereocenters. The van der Waals surface area contributed by atoms with Gasteiger partial charge in [0.05, 0.1) is 12.0 Å². The second-order valence-corrected chi connectivity index (χ2v) is 11.9. The van der Waals surface area contributed by atoms with E-state index in [-0.39, 0.29) is 19.0 Å². The zero-order valence-electron chi connectivity index (χ0n) is 23.9. The predicted molar refractivity (Wildman–Crippen MR) is 161 cm³/mol. The number of aliphatic hydroxyl groups is 1. The summed E-state index contributed by atoms with van der Waals surface area (Å²) in [5.41, 5.74) is 4.00. The van der Waals surface area contributed by atoms with E-state index >= 15 is 0 Å². The van der Waals surface area contributed by atoms with Crippen molar-refractivity contribution in [2.75, 3.05) is 13.2 Å². The first-order valence-corrected chi connectivity index (χ1v) is 14.7. The van der Waals surface area contributed by atoms with Crippen LogP contribution < -0.4 is 0 Å². The van der Waals surface area contributed by atoms with E-state index in [9.17, 15) is 14.7 Å². The van der Waals surface area contributed by atoms with Crippen molar-refractivity contribution >= 4 is 29.0 Å². The molecule has 216 valence electrons. The Bertz CT molecular complexity index is 1610. The number of hydrogen-bond donors (Lipinski definition) is 1. The molecule has 1 N–H and O–H groups in total. The predicted octanol–water partition coefficient (Wildman–Crippen LogP) is 6.54. The van der Waals surface area contributed by atoms with E-state index in [1.807, 2.05) is 42.5 Å². The first-order valence-electron chi connectivity index (χ1n) is 14.7. The molecule has 0 amide bonds. The van der Waals surface area contributed by atoms with E-state index in [4.69, 9.17) is 13.9 Å². The number of esters is 2. The van der Waals surface area contributed by atoms with Crippen LogP contribution in [0.1, 0.15) is 53.7 Å². The molecule has 0 spiro atoms. The summed E-state index contributed by atoms with van der Waals surface area (Å²) in [7, 11) is 0. The zero-order valence-corrected chi connectivity index (χ0v) is 23.9. The topological polar surface area (TPSA) is 86.0 Å². The highest BCUT2D eigenvalue weighted by molar-refractivity contribution is 5.96. The van der Waals surface area contributed by atoms with Gasteiger partial charge in [-0.05, 0) is 73.6 Å². The summed E-state index contributed by atoms with van der Waals surface area (Å²) >= 11 is 0. The molecule has 3 aromatic carbocycles. The second kappa shape index (κ2) is 11.6. The van der Waals surface area contributed by atoms with E-state index in [0.29, 0.717) is 24.8 Å². The highest BCUT2D eigenvalue weighted by atomic mass is 16.6. The molecular weight excluding hydrogens is 528 g/mol. The van der Waals surface area contributed by atoms with Crippen molar-refractivity contribution in [1.82, 2.24) is 0 Å². The average molecular weight is 565 g/mol. The Labute approximate surface area is 246 Å². The molecule has 6 rings (SSSR count). The number of cyclic esters (lactones) is 1. The molecule has 0 radical (unpaired) electrons. The standard InChI is InChI=1S/C36H36O6/c1-25-8-10-26(11-9-25)12-13-28-14-15-32-29(18-28)20-31(41-32)22-35(16-5-17-35)34(39)40-24-36(23-37)21-30(33(38)42-36)19-27-6-3-2-4-7-27/h2-4,6-11,14-15,18-20,37H,5,12-13,16-17,21-24H2,1H3/b30-19+/t36-/m1/s1. The summed E-state index contributed by atoms with van der Waals surface area (Å²) < 4.78 is 17.5. The molecule has 2 heterocycles. The molecule has 42 heavy (non-hydrogen) atoms. The zero-order chi connectivity index (χ0) is 29.2. The second-order valence-electron chi connectivity index (χ2n) is 11.9. The number of aryl methyl sites for hydroxylation is 3. The number of benzene rings is 3. The summed E-state index contributed by atoms with van der Waals surface area (Å²) in [6.07, 6.45) is 6.63. The molecular formula is C36H36O6. The number of fused-ring (bicyclic) bond motifs is 1. The molecule has 2 fully saturated rings. The fourth-order valence-electron chi connectivity index (χ4n) is 5.97. The van der Waals surface area contributed by atoms with Gasteiger partial charge in [0.15, 0.2) is 5.60 Å². The Morgan fingerprint density at radius 2 is 1.71 bits per heavy atom. The Kier molecular flexibility index (Phi) is 7.74. The van der Waals surface area contributed by atoms with Crippen LogP contribution >= 0.6 is 0 Å². The first-order chi connectivity index (χ1) is 20.4. The van der Waals surface area contributed by atoms with Crippen molar-refractivity contribution < 1.29 is 28.6 Å². The first kappa shape index (κ1) is 28.0. The largest absolute Gasteiger partial charge is 0.461 e. The van der Waals surface area contributed by atoms with Gasteiger partial charge in [0.1, 0.15) is 18.0 Å². The van der Waals surface area contributed by atoms with Crippen molar-refractivity contribution in [3.8, 4) is 0 Å². The number of aliphatic hydroxyl groups excluding tert-OH is 1. The minimum Gasteiger partial charge on any atom is -0.461 e. The van der Waals surface area contributed by atoms with Crippen molar-refractivity contribution in [3.63, 3.8) is 0 Å². The van der Waals surface area contributed by atoms with E-state index in [0.717, 1.165) is 41.6 Å². The minimum absolute atomic E-state index is 0.174. The summed E-state index contributed by atoms with van der Waals surface area (Å²) in [5.74, 6) is -0.0743. The molecule has 6 heteroatoms. The van der Waals surface area contributed by atoms with Crippen LogP contribution in [-0.2, 0) is 38.3 Å². The third kappa shape index (κ3) is 5.90. The van der Waals surface area contributed by atoms with Gasteiger partial charge in [-0.1, -0.05) is 72.6 Å². The lowest BCUT2D eigenvalue weighted by Crippen LogP contribution is -2.45. The SMILES string of the molecule is Cc1ccc(CCc2ccc3oc(CC4(C(=O)OC[C@]5(CO)C/C(=C\c6ccccc6)C(=O)O5)CCC4)cc3c2)cc1.